The van der Waals surface area contributed by atoms with Gasteiger partial charge in [-0.2, -0.15) is 5.10 Å². The van der Waals surface area contributed by atoms with E-state index in [2.05, 4.69) is 15.4 Å². The van der Waals surface area contributed by atoms with E-state index in [-0.39, 0.29) is 5.91 Å². The van der Waals surface area contributed by atoms with Crippen molar-refractivity contribution in [2.45, 2.75) is 0 Å². The van der Waals surface area contributed by atoms with Gasteiger partial charge in [0.1, 0.15) is 0 Å². The number of nitrogens with zero attached hydrogens (tertiary/aromatic N) is 4. The maximum absolute atomic E-state index is 12.9. The van der Waals surface area contributed by atoms with E-state index in [9.17, 15) is 4.79 Å². The Hall–Kier alpha value is -3.19. The highest BCUT2D eigenvalue weighted by atomic mass is 16.5. The molecule has 0 atom stereocenters. The van der Waals surface area contributed by atoms with Crippen LogP contribution in [0.3, 0.4) is 0 Å². The predicted octanol–water partition coefficient (Wildman–Crippen LogP) is 1.99. The van der Waals surface area contributed by atoms with Gasteiger partial charge in [0.15, 0.2) is 5.69 Å². The average Bonchev–Trinajstić information content (AvgIpc) is 3.20. The van der Waals surface area contributed by atoms with E-state index in [0.29, 0.717) is 24.7 Å². The van der Waals surface area contributed by atoms with Gasteiger partial charge in [0.25, 0.3) is 5.91 Å². The molecule has 3 heterocycles. The molecule has 0 aliphatic carbocycles. The Morgan fingerprint density at radius 3 is 2.56 bits per heavy atom. The Kier molecular flexibility index (Phi) is 4.84. The molecule has 1 amide bonds. The maximum atomic E-state index is 12.9. The first-order valence-electron chi connectivity index (χ1n) is 8.92. The summed E-state index contributed by atoms with van der Waals surface area (Å²) in [6, 6.07) is 15.4. The zero-order valence-corrected chi connectivity index (χ0v) is 15.1. The minimum Gasteiger partial charge on any atom is -0.481 e. The monoisotopic (exact) mass is 363 g/mol. The van der Waals surface area contributed by atoms with Gasteiger partial charge in [-0.3, -0.25) is 4.79 Å². The van der Waals surface area contributed by atoms with E-state index in [4.69, 9.17) is 4.74 Å². The molecule has 3 aromatic rings. The van der Waals surface area contributed by atoms with Crippen LogP contribution in [-0.4, -0.2) is 58.9 Å². The number of ether oxygens (including phenoxy) is 1. The van der Waals surface area contributed by atoms with Gasteiger partial charge >= 0.3 is 0 Å². The zero-order chi connectivity index (χ0) is 18.6. The first kappa shape index (κ1) is 17.2. The van der Waals surface area contributed by atoms with E-state index in [1.807, 2.05) is 47.4 Å². The molecule has 0 bridgehead atoms. The summed E-state index contributed by atoms with van der Waals surface area (Å²) in [5, 5.41) is 7.87. The van der Waals surface area contributed by atoms with E-state index in [1.54, 1.807) is 24.1 Å². The molecular formula is C20H21N5O2. The van der Waals surface area contributed by atoms with Crippen LogP contribution in [0.5, 0.6) is 5.88 Å². The average molecular weight is 363 g/mol. The number of hydrogen-bond acceptors (Lipinski definition) is 5. The SMILES string of the molecule is COc1ccc(-n2nc(C(=O)N3CCNCC3)cc2-c2ccccc2)cn1. The molecule has 138 valence electrons. The number of amides is 1. The Morgan fingerprint density at radius 1 is 1.11 bits per heavy atom. The summed E-state index contributed by atoms with van der Waals surface area (Å²) in [5.74, 6) is 0.484. The van der Waals surface area contributed by atoms with Crippen LogP contribution in [-0.2, 0) is 0 Å². The van der Waals surface area contributed by atoms with Gasteiger partial charge in [-0.15, -0.1) is 0 Å². The summed E-state index contributed by atoms with van der Waals surface area (Å²) in [6.45, 7) is 2.99. The van der Waals surface area contributed by atoms with Gasteiger partial charge < -0.3 is 15.0 Å². The molecule has 1 aromatic carbocycles. The number of hydrogen-bond donors (Lipinski definition) is 1. The van der Waals surface area contributed by atoms with E-state index >= 15 is 0 Å². The van der Waals surface area contributed by atoms with Gasteiger partial charge in [0.2, 0.25) is 5.88 Å². The number of carbonyl (C=O) groups excluding carboxylic acids is 1. The van der Waals surface area contributed by atoms with Crippen molar-refractivity contribution in [2.24, 2.45) is 0 Å². The van der Waals surface area contributed by atoms with Crippen molar-refractivity contribution in [3.8, 4) is 22.8 Å². The Balaban J connectivity index is 1.75. The summed E-state index contributed by atoms with van der Waals surface area (Å²) in [4.78, 5) is 19.0. The molecule has 0 radical (unpaired) electrons. The fourth-order valence-electron chi connectivity index (χ4n) is 3.15. The molecule has 0 unspecified atom stereocenters. The molecule has 1 saturated heterocycles. The minimum atomic E-state index is -0.0473. The zero-order valence-electron chi connectivity index (χ0n) is 15.1. The number of benzene rings is 1. The molecule has 1 N–H and O–H groups in total. The molecule has 1 aliphatic heterocycles. The largest absolute Gasteiger partial charge is 0.481 e. The highest BCUT2D eigenvalue weighted by Gasteiger charge is 2.23. The van der Waals surface area contributed by atoms with Gasteiger partial charge in [0, 0.05) is 37.8 Å². The second-order valence-corrected chi connectivity index (χ2v) is 6.29. The van der Waals surface area contributed by atoms with Gasteiger partial charge in [-0.05, 0) is 12.1 Å². The third-order valence-corrected chi connectivity index (χ3v) is 4.58. The second kappa shape index (κ2) is 7.59. The normalized spacial score (nSPS) is 14.2. The Labute approximate surface area is 157 Å². The summed E-state index contributed by atoms with van der Waals surface area (Å²) in [7, 11) is 1.58. The van der Waals surface area contributed by atoms with Crippen LogP contribution in [0.15, 0.2) is 54.7 Å². The number of pyridine rings is 1. The molecule has 7 nitrogen and oxygen atoms in total. The minimum absolute atomic E-state index is 0.0473. The van der Waals surface area contributed by atoms with Crippen LogP contribution in [0.1, 0.15) is 10.5 Å². The van der Waals surface area contributed by atoms with Crippen molar-refractivity contribution in [2.75, 3.05) is 33.3 Å². The maximum Gasteiger partial charge on any atom is 0.274 e. The number of nitrogens with one attached hydrogen (secondary N) is 1. The molecule has 1 aliphatic rings. The number of rotatable bonds is 4. The first-order chi connectivity index (χ1) is 13.3. The van der Waals surface area contributed by atoms with Crippen molar-refractivity contribution in [3.05, 3.63) is 60.4 Å². The smallest absolute Gasteiger partial charge is 0.274 e. The third kappa shape index (κ3) is 3.54. The number of methoxy groups -OCH3 is 1. The summed E-state index contributed by atoms with van der Waals surface area (Å²) < 4.78 is 6.90. The topological polar surface area (TPSA) is 72.3 Å². The Bertz CT molecular complexity index is 915. The fraction of sp³-hybridized carbons (Fsp3) is 0.250. The third-order valence-electron chi connectivity index (χ3n) is 4.58. The number of carbonyl (C=O) groups is 1. The quantitative estimate of drug-likeness (QED) is 0.767. The van der Waals surface area contributed by atoms with Crippen LogP contribution in [0.2, 0.25) is 0 Å². The lowest BCUT2D eigenvalue weighted by molar-refractivity contribution is 0.0729. The molecule has 7 heteroatoms. The van der Waals surface area contributed by atoms with Crippen LogP contribution in [0.25, 0.3) is 16.9 Å². The Morgan fingerprint density at radius 2 is 1.89 bits per heavy atom. The number of piperazine rings is 1. The van der Waals surface area contributed by atoms with Crippen LogP contribution < -0.4 is 10.1 Å². The predicted molar refractivity (Wildman–Crippen MR) is 102 cm³/mol. The van der Waals surface area contributed by atoms with Crippen LogP contribution >= 0.6 is 0 Å². The van der Waals surface area contributed by atoms with Gasteiger partial charge in [-0.25, -0.2) is 9.67 Å². The van der Waals surface area contributed by atoms with Crippen molar-refractivity contribution < 1.29 is 9.53 Å². The van der Waals surface area contributed by atoms with Crippen LogP contribution in [0, 0.1) is 0 Å². The highest BCUT2D eigenvalue weighted by Crippen LogP contribution is 2.25. The molecular weight excluding hydrogens is 342 g/mol. The lowest BCUT2D eigenvalue weighted by Gasteiger charge is -2.26. The van der Waals surface area contributed by atoms with E-state index in [1.165, 1.54) is 0 Å². The fourth-order valence-corrected chi connectivity index (χ4v) is 3.15. The van der Waals surface area contributed by atoms with Crippen molar-refractivity contribution in [1.29, 1.82) is 0 Å². The van der Waals surface area contributed by atoms with E-state index in [0.717, 1.165) is 30.0 Å². The van der Waals surface area contributed by atoms with Crippen molar-refractivity contribution >= 4 is 5.91 Å². The second-order valence-electron chi connectivity index (χ2n) is 6.29. The summed E-state index contributed by atoms with van der Waals surface area (Å²) in [5.41, 5.74) is 3.04. The number of aromatic nitrogens is 3. The molecule has 2 aromatic heterocycles. The molecule has 27 heavy (non-hydrogen) atoms. The van der Waals surface area contributed by atoms with E-state index < -0.39 is 0 Å². The van der Waals surface area contributed by atoms with Gasteiger partial charge in [-0.1, -0.05) is 30.3 Å². The molecule has 1 fully saturated rings. The van der Waals surface area contributed by atoms with Crippen LogP contribution in [0.4, 0.5) is 0 Å². The molecule has 4 rings (SSSR count). The van der Waals surface area contributed by atoms with Crippen molar-refractivity contribution in [3.63, 3.8) is 0 Å². The summed E-state index contributed by atoms with van der Waals surface area (Å²) >= 11 is 0. The summed E-state index contributed by atoms with van der Waals surface area (Å²) in [6.07, 6.45) is 1.69. The van der Waals surface area contributed by atoms with Gasteiger partial charge in [0.05, 0.1) is 24.7 Å². The van der Waals surface area contributed by atoms with Crippen molar-refractivity contribution in [1.82, 2.24) is 25.0 Å². The molecule has 0 saturated carbocycles. The highest BCUT2D eigenvalue weighted by molar-refractivity contribution is 5.93. The molecule has 0 spiro atoms. The lowest BCUT2D eigenvalue weighted by atomic mass is 10.1. The lowest BCUT2D eigenvalue weighted by Crippen LogP contribution is -2.46. The first-order valence-corrected chi connectivity index (χ1v) is 8.92. The standard InChI is InChI=1S/C20H21N5O2/c1-27-19-8-7-16(14-22-19)25-18(15-5-3-2-4-6-15)13-17(23-25)20(26)24-11-9-21-10-12-24/h2-8,13-14,21H,9-12H2,1H3.